The maximum Gasteiger partial charge on any atom is 0.253 e. The molecule has 192 valence electrons. The predicted octanol–water partition coefficient (Wildman–Crippen LogP) is 2.46. The van der Waals surface area contributed by atoms with Crippen LogP contribution >= 0.6 is 0 Å². The standard InChI is InChI=1S/C26H34N6O4/c1-36-17-24(33)32-12-4-5-18(16-32)14-28-22-13-23(29-15-21(22)25(27)34)30-20-8-6-19(7-9-20)26(35)31-10-2-3-11-31/h6-9,13,15,18H,2-5,10-12,14,16-17H2,1H3,(H2,27,34)(H2,28,29,30). The lowest BCUT2D eigenvalue weighted by atomic mass is 9.97. The first-order valence-corrected chi connectivity index (χ1v) is 12.4. The number of primary amides is 1. The highest BCUT2D eigenvalue weighted by Crippen LogP contribution is 2.24. The van der Waals surface area contributed by atoms with E-state index < -0.39 is 5.91 Å². The second kappa shape index (κ2) is 11.9. The molecule has 1 unspecified atom stereocenters. The maximum absolute atomic E-state index is 12.6. The number of rotatable bonds is 9. The van der Waals surface area contributed by atoms with Crippen molar-refractivity contribution >= 4 is 34.9 Å². The van der Waals surface area contributed by atoms with Crippen molar-refractivity contribution in [3.63, 3.8) is 0 Å². The van der Waals surface area contributed by atoms with Gasteiger partial charge in [-0.1, -0.05) is 0 Å². The molecule has 36 heavy (non-hydrogen) atoms. The van der Waals surface area contributed by atoms with Crippen molar-refractivity contribution in [2.45, 2.75) is 25.7 Å². The van der Waals surface area contributed by atoms with E-state index in [4.69, 9.17) is 10.5 Å². The minimum Gasteiger partial charge on any atom is -0.384 e. The Kier molecular flexibility index (Phi) is 8.37. The van der Waals surface area contributed by atoms with Crippen LogP contribution in [0.25, 0.3) is 0 Å². The lowest BCUT2D eigenvalue weighted by Crippen LogP contribution is -2.43. The maximum atomic E-state index is 12.6. The van der Waals surface area contributed by atoms with Crippen LogP contribution in [0.15, 0.2) is 36.5 Å². The molecular weight excluding hydrogens is 460 g/mol. The topological polar surface area (TPSA) is 130 Å². The third-order valence-corrected chi connectivity index (χ3v) is 6.69. The summed E-state index contributed by atoms with van der Waals surface area (Å²) in [6.45, 7) is 3.67. The highest BCUT2D eigenvalue weighted by Gasteiger charge is 2.24. The zero-order valence-corrected chi connectivity index (χ0v) is 20.7. The van der Waals surface area contributed by atoms with E-state index in [0.29, 0.717) is 35.7 Å². The van der Waals surface area contributed by atoms with Gasteiger partial charge in [-0.25, -0.2) is 4.98 Å². The van der Waals surface area contributed by atoms with E-state index in [1.54, 1.807) is 18.2 Å². The first kappa shape index (κ1) is 25.4. The van der Waals surface area contributed by atoms with Gasteiger partial charge >= 0.3 is 0 Å². The summed E-state index contributed by atoms with van der Waals surface area (Å²) >= 11 is 0. The van der Waals surface area contributed by atoms with Crippen molar-refractivity contribution in [2.75, 3.05) is 57.1 Å². The Morgan fingerprint density at radius 3 is 2.50 bits per heavy atom. The number of amides is 3. The van der Waals surface area contributed by atoms with E-state index in [0.717, 1.165) is 51.0 Å². The van der Waals surface area contributed by atoms with Crippen molar-refractivity contribution in [3.05, 3.63) is 47.7 Å². The summed E-state index contributed by atoms with van der Waals surface area (Å²) < 4.78 is 4.98. The fraction of sp³-hybridized carbons (Fsp3) is 0.462. The molecule has 1 atom stereocenters. The number of methoxy groups -OCH3 is 1. The number of ether oxygens (including phenoxy) is 1. The molecule has 1 aromatic heterocycles. The van der Waals surface area contributed by atoms with Gasteiger partial charge in [0.1, 0.15) is 12.4 Å². The van der Waals surface area contributed by atoms with E-state index in [-0.39, 0.29) is 24.3 Å². The number of carbonyl (C=O) groups is 3. The predicted molar refractivity (Wildman–Crippen MR) is 137 cm³/mol. The van der Waals surface area contributed by atoms with Gasteiger partial charge in [0.15, 0.2) is 0 Å². The van der Waals surface area contributed by atoms with Crippen molar-refractivity contribution < 1.29 is 19.1 Å². The molecular formula is C26H34N6O4. The molecule has 3 heterocycles. The van der Waals surface area contributed by atoms with Gasteiger partial charge in [0.05, 0.1) is 11.3 Å². The van der Waals surface area contributed by atoms with Crippen molar-refractivity contribution in [1.29, 1.82) is 0 Å². The number of carbonyl (C=O) groups excluding carboxylic acids is 3. The van der Waals surface area contributed by atoms with Gasteiger partial charge in [0.2, 0.25) is 5.91 Å². The first-order valence-electron chi connectivity index (χ1n) is 12.4. The molecule has 0 radical (unpaired) electrons. The van der Waals surface area contributed by atoms with E-state index in [1.165, 1.54) is 13.3 Å². The van der Waals surface area contributed by atoms with Crippen LogP contribution in [0.5, 0.6) is 0 Å². The summed E-state index contributed by atoms with van der Waals surface area (Å²) in [4.78, 5) is 44.8. The average Bonchev–Trinajstić information content (AvgIpc) is 3.43. The molecule has 0 saturated carbocycles. The summed E-state index contributed by atoms with van der Waals surface area (Å²) in [5, 5.41) is 6.56. The second-order valence-electron chi connectivity index (χ2n) is 9.34. The Morgan fingerprint density at radius 1 is 1.08 bits per heavy atom. The Morgan fingerprint density at radius 2 is 1.81 bits per heavy atom. The largest absolute Gasteiger partial charge is 0.384 e. The van der Waals surface area contributed by atoms with Gasteiger partial charge in [-0.05, 0) is 55.9 Å². The molecule has 2 saturated heterocycles. The minimum atomic E-state index is -0.568. The highest BCUT2D eigenvalue weighted by molar-refractivity contribution is 5.98. The highest BCUT2D eigenvalue weighted by atomic mass is 16.5. The van der Waals surface area contributed by atoms with Gasteiger partial charge in [0.25, 0.3) is 11.8 Å². The van der Waals surface area contributed by atoms with Crippen LogP contribution in [0.3, 0.4) is 0 Å². The summed E-state index contributed by atoms with van der Waals surface area (Å²) in [6, 6.07) is 9.04. The number of nitrogens with zero attached hydrogens (tertiary/aromatic N) is 3. The van der Waals surface area contributed by atoms with Gasteiger partial charge in [-0.2, -0.15) is 0 Å². The number of pyridine rings is 1. The first-order chi connectivity index (χ1) is 17.4. The van der Waals surface area contributed by atoms with Crippen LogP contribution in [-0.2, 0) is 9.53 Å². The number of piperidine rings is 1. The van der Waals surface area contributed by atoms with E-state index in [2.05, 4.69) is 15.6 Å². The summed E-state index contributed by atoms with van der Waals surface area (Å²) in [7, 11) is 1.52. The Bertz CT molecular complexity index is 1080. The fourth-order valence-electron chi connectivity index (χ4n) is 4.74. The van der Waals surface area contributed by atoms with Gasteiger partial charge in [-0.3, -0.25) is 14.4 Å². The van der Waals surface area contributed by atoms with Crippen molar-refractivity contribution in [1.82, 2.24) is 14.8 Å². The van der Waals surface area contributed by atoms with E-state index >= 15 is 0 Å². The monoisotopic (exact) mass is 494 g/mol. The molecule has 4 rings (SSSR count). The number of likely N-dealkylation sites (tertiary alicyclic amines) is 2. The second-order valence-corrected chi connectivity index (χ2v) is 9.34. The summed E-state index contributed by atoms with van der Waals surface area (Å²) in [5.41, 5.74) is 7.90. The quantitative estimate of drug-likeness (QED) is 0.488. The number of hydrogen-bond acceptors (Lipinski definition) is 7. The summed E-state index contributed by atoms with van der Waals surface area (Å²) in [6.07, 6.45) is 5.46. The van der Waals surface area contributed by atoms with Gasteiger partial charge < -0.3 is 30.9 Å². The van der Waals surface area contributed by atoms with Crippen LogP contribution in [-0.4, -0.2) is 78.9 Å². The number of aromatic nitrogens is 1. The Balaban J connectivity index is 1.40. The molecule has 2 aliphatic rings. The minimum absolute atomic E-state index is 0.0106. The molecule has 0 bridgehead atoms. The van der Waals surface area contributed by atoms with Crippen LogP contribution in [0, 0.1) is 5.92 Å². The molecule has 10 nitrogen and oxygen atoms in total. The van der Waals surface area contributed by atoms with Gasteiger partial charge in [0, 0.05) is 63.3 Å². The number of nitrogens with two attached hydrogens (primary N) is 1. The molecule has 2 aliphatic heterocycles. The smallest absolute Gasteiger partial charge is 0.253 e. The van der Waals surface area contributed by atoms with Gasteiger partial charge in [-0.15, -0.1) is 0 Å². The Hall–Kier alpha value is -3.66. The third kappa shape index (κ3) is 6.31. The number of benzene rings is 1. The summed E-state index contributed by atoms with van der Waals surface area (Å²) in [5.74, 6) is 0.261. The Labute approximate surface area is 211 Å². The van der Waals surface area contributed by atoms with E-state index in [1.807, 2.05) is 21.9 Å². The molecule has 1 aromatic carbocycles. The van der Waals surface area contributed by atoms with Crippen molar-refractivity contribution in [2.24, 2.45) is 11.7 Å². The lowest BCUT2D eigenvalue weighted by molar-refractivity contribution is -0.136. The zero-order chi connectivity index (χ0) is 25.5. The third-order valence-electron chi connectivity index (χ3n) is 6.69. The average molecular weight is 495 g/mol. The number of hydrogen-bond donors (Lipinski definition) is 3. The van der Waals surface area contributed by atoms with Crippen LogP contribution in [0.4, 0.5) is 17.2 Å². The zero-order valence-electron chi connectivity index (χ0n) is 20.7. The normalized spacial score (nSPS) is 17.6. The molecule has 0 spiro atoms. The molecule has 10 heteroatoms. The SMILES string of the molecule is COCC(=O)N1CCCC(CNc2cc(Nc3ccc(C(=O)N4CCCC4)cc3)ncc2C(N)=O)C1. The molecule has 0 aliphatic carbocycles. The fourth-order valence-corrected chi connectivity index (χ4v) is 4.74. The molecule has 4 N–H and O–H groups in total. The van der Waals surface area contributed by atoms with Crippen LogP contribution < -0.4 is 16.4 Å². The molecule has 3 amide bonds. The lowest BCUT2D eigenvalue weighted by Gasteiger charge is -2.33. The molecule has 2 aromatic rings. The number of nitrogens with one attached hydrogen (secondary N) is 2. The van der Waals surface area contributed by atoms with E-state index in [9.17, 15) is 14.4 Å². The van der Waals surface area contributed by atoms with Crippen molar-refractivity contribution in [3.8, 4) is 0 Å². The van der Waals surface area contributed by atoms with Crippen LogP contribution in [0.1, 0.15) is 46.4 Å². The van der Waals surface area contributed by atoms with Crippen LogP contribution in [0.2, 0.25) is 0 Å². The number of anilines is 3. The molecule has 2 fully saturated rings.